The van der Waals surface area contributed by atoms with E-state index in [4.69, 9.17) is 16.3 Å². The molecule has 1 heterocycles. The number of hydrogen-bond acceptors (Lipinski definition) is 5. The summed E-state index contributed by atoms with van der Waals surface area (Å²) in [7, 11) is 0. The smallest absolute Gasteiger partial charge is 0.238 e. The number of nitrogens with zero attached hydrogens (tertiary/aromatic N) is 2. The van der Waals surface area contributed by atoms with Crippen molar-refractivity contribution in [1.29, 1.82) is 0 Å². The summed E-state index contributed by atoms with van der Waals surface area (Å²) in [4.78, 5) is 28.7. The van der Waals surface area contributed by atoms with Gasteiger partial charge >= 0.3 is 0 Å². The van der Waals surface area contributed by atoms with E-state index in [0.29, 0.717) is 17.3 Å². The first kappa shape index (κ1) is 22.1. The molecule has 8 heteroatoms. The highest BCUT2D eigenvalue weighted by atomic mass is 35.5. The van der Waals surface area contributed by atoms with Crippen LogP contribution in [0.3, 0.4) is 0 Å². The summed E-state index contributed by atoms with van der Waals surface area (Å²) >= 11 is 5.94. The summed E-state index contributed by atoms with van der Waals surface area (Å²) in [5.74, 6) is -0.353. The van der Waals surface area contributed by atoms with Crippen LogP contribution < -0.4 is 15.5 Å². The van der Waals surface area contributed by atoms with Crippen LogP contribution in [-0.2, 0) is 14.3 Å². The summed E-state index contributed by atoms with van der Waals surface area (Å²) in [5.41, 5.74) is 2.48. The molecular formula is C22H27ClN4O3. The first-order valence-electron chi connectivity index (χ1n) is 10.0. The highest BCUT2D eigenvalue weighted by molar-refractivity contribution is 6.30. The van der Waals surface area contributed by atoms with Gasteiger partial charge in [-0.1, -0.05) is 24.6 Å². The van der Waals surface area contributed by atoms with Gasteiger partial charge in [-0.05, 0) is 49.0 Å². The van der Waals surface area contributed by atoms with Crippen LogP contribution in [-0.4, -0.2) is 62.7 Å². The molecule has 2 amide bonds. The average molecular weight is 431 g/mol. The third kappa shape index (κ3) is 6.73. The summed E-state index contributed by atoms with van der Waals surface area (Å²) in [6.07, 6.45) is 0. The number of benzene rings is 2. The molecule has 0 spiro atoms. The van der Waals surface area contributed by atoms with Gasteiger partial charge < -0.3 is 20.3 Å². The van der Waals surface area contributed by atoms with Crippen molar-refractivity contribution in [3.63, 3.8) is 0 Å². The van der Waals surface area contributed by atoms with Crippen LogP contribution in [0.5, 0.6) is 0 Å². The largest absolute Gasteiger partial charge is 0.378 e. The SMILES string of the molecule is CCN(CC(=O)Nc1ccc(N2CCOCC2)cc1)CC(=O)Nc1cccc(Cl)c1. The van der Waals surface area contributed by atoms with Gasteiger partial charge in [0.2, 0.25) is 11.8 Å². The van der Waals surface area contributed by atoms with E-state index in [2.05, 4.69) is 15.5 Å². The summed E-state index contributed by atoms with van der Waals surface area (Å²) in [6.45, 7) is 5.94. The molecule has 0 unspecified atom stereocenters. The van der Waals surface area contributed by atoms with E-state index in [1.54, 1.807) is 29.2 Å². The van der Waals surface area contributed by atoms with Crippen LogP contribution in [0, 0.1) is 0 Å². The van der Waals surface area contributed by atoms with Crippen molar-refractivity contribution in [3.8, 4) is 0 Å². The lowest BCUT2D eigenvalue weighted by Gasteiger charge is -2.29. The number of anilines is 3. The highest BCUT2D eigenvalue weighted by Crippen LogP contribution is 2.19. The lowest BCUT2D eigenvalue weighted by atomic mass is 10.2. The Labute approximate surface area is 181 Å². The van der Waals surface area contributed by atoms with Crippen LogP contribution >= 0.6 is 11.6 Å². The van der Waals surface area contributed by atoms with Crippen molar-refractivity contribution in [2.45, 2.75) is 6.92 Å². The van der Waals surface area contributed by atoms with Gasteiger partial charge in [0, 0.05) is 35.2 Å². The molecule has 7 nitrogen and oxygen atoms in total. The molecule has 0 aromatic heterocycles. The minimum Gasteiger partial charge on any atom is -0.378 e. The van der Waals surface area contributed by atoms with Crippen molar-refractivity contribution in [1.82, 2.24) is 4.90 Å². The van der Waals surface area contributed by atoms with E-state index in [1.807, 2.05) is 31.2 Å². The number of morpholine rings is 1. The van der Waals surface area contributed by atoms with E-state index < -0.39 is 0 Å². The minimum absolute atomic E-state index is 0.117. The average Bonchev–Trinajstić information content (AvgIpc) is 2.74. The van der Waals surface area contributed by atoms with Crippen LogP contribution in [0.2, 0.25) is 5.02 Å². The summed E-state index contributed by atoms with van der Waals surface area (Å²) in [5, 5.41) is 6.25. The van der Waals surface area contributed by atoms with Gasteiger partial charge in [-0.3, -0.25) is 14.5 Å². The lowest BCUT2D eigenvalue weighted by Crippen LogP contribution is -2.38. The second-order valence-electron chi connectivity index (χ2n) is 7.06. The standard InChI is InChI=1S/C22H27ClN4O3/c1-2-26(16-22(29)25-19-5-3-4-17(23)14-19)15-21(28)24-18-6-8-20(9-7-18)27-10-12-30-13-11-27/h3-9,14H,2,10-13,15-16H2,1H3,(H,24,28)(H,25,29). The second-order valence-corrected chi connectivity index (χ2v) is 7.49. The fourth-order valence-corrected chi connectivity index (χ4v) is 3.42. The molecule has 0 atom stereocenters. The maximum Gasteiger partial charge on any atom is 0.238 e. The van der Waals surface area contributed by atoms with Crippen LogP contribution in [0.4, 0.5) is 17.1 Å². The predicted molar refractivity (Wildman–Crippen MR) is 120 cm³/mol. The molecule has 1 saturated heterocycles. The molecule has 0 bridgehead atoms. The number of nitrogens with one attached hydrogen (secondary N) is 2. The molecule has 2 aromatic rings. The Hall–Kier alpha value is -2.61. The van der Waals surface area contributed by atoms with E-state index in [-0.39, 0.29) is 24.9 Å². The summed E-state index contributed by atoms with van der Waals surface area (Å²) < 4.78 is 5.37. The molecule has 160 valence electrons. The molecule has 0 saturated carbocycles. The fraction of sp³-hybridized carbons (Fsp3) is 0.364. The maximum absolute atomic E-state index is 12.4. The van der Waals surface area contributed by atoms with Gasteiger partial charge in [0.15, 0.2) is 0 Å². The third-order valence-electron chi connectivity index (χ3n) is 4.82. The number of rotatable bonds is 8. The van der Waals surface area contributed by atoms with Crippen molar-refractivity contribution >= 4 is 40.5 Å². The van der Waals surface area contributed by atoms with Crippen LogP contribution in [0.1, 0.15) is 6.92 Å². The lowest BCUT2D eigenvalue weighted by molar-refractivity contribution is -0.119. The Morgan fingerprint density at radius 3 is 2.23 bits per heavy atom. The van der Waals surface area contributed by atoms with Crippen LogP contribution in [0.25, 0.3) is 0 Å². The minimum atomic E-state index is -0.193. The predicted octanol–water partition coefficient (Wildman–Crippen LogP) is 3.08. The number of hydrogen-bond donors (Lipinski definition) is 2. The van der Waals surface area contributed by atoms with Crippen molar-refractivity contribution in [3.05, 3.63) is 53.6 Å². The zero-order valence-corrected chi connectivity index (χ0v) is 17.8. The topological polar surface area (TPSA) is 73.9 Å². The molecule has 3 rings (SSSR count). The quantitative estimate of drug-likeness (QED) is 0.673. The summed E-state index contributed by atoms with van der Waals surface area (Å²) in [6, 6.07) is 14.8. The number of likely N-dealkylation sites (N-methyl/N-ethyl adjacent to an activating group) is 1. The van der Waals surface area contributed by atoms with E-state index in [9.17, 15) is 9.59 Å². The Bertz CT molecular complexity index is 854. The molecule has 0 radical (unpaired) electrons. The molecule has 1 aliphatic heterocycles. The van der Waals surface area contributed by atoms with Gasteiger partial charge in [0.05, 0.1) is 26.3 Å². The van der Waals surface area contributed by atoms with Gasteiger partial charge in [-0.15, -0.1) is 0 Å². The first-order chi connectivity index (χ1) is 14.5. The molecular weight excluding hydrogens is 404 g/mol. The molecule has 30 heavy (non-hydrogen) atoms. The fourth-order valence-electron chi connectivity index (χ4n) is 3.23. The number of amides is 2. The van der Waals surface area contributed by atoms with Crippen LogP contribution in [0.15, 0.2) is 48.5 Å². The highest BCUT2D eigenvalue weighted by Gasteiger charge is 2.15. The zero-order chi connectivity index (χ0) is 21.3. The molecule has 1 aliphatic rings. The van der Waals surface area contributed by atoms with Crippen molar-refractivity contribution in [2.24, 2.45) is 0 Å². The van der Waals surface area contributed by atoms with Gasteiger partial charge in [-0.2, -0.15) is 0 Å². The van der Waals surface area contributed by atoms with E-state index >= 15 is 0 Å². The third-order valence-corrected chi connectivity index (χ3v) is 5.05. The number of halogens is 1. The Morgan fingerprint density at radius 2 is 1.63 bits per heavy atom. The van der Waals surface area contributed by atoms with Crippen molar-refractivity contribution < 1.29 is 14.3 Å². The van der Waals surface area contributed by atoms with Gasteiger partial charge in [-0.25, -0.2) is 0 Å². The molecule has 0 aliphatic carbocycles. The normalized spacial score (nSPS) is 13.9. The number of carbonyl (C=O) groups excluding carboxylic acids is 2. The zero-order valence-electron chi connectivity index (χ0n) is 17.1. The number of carbonyl (C=O) groups is 2. The molecule has 2 N–H and O–H groups in total. The van der Waals surface area contributed by atoms with Gasteiger partial charge in [0.1, 0.15) is 0 Å². The Kier molecular flexibility index (Phi) is 8.07. The Morgan fingerprint density at radius 1 is 1.00 bits per heavy atom. The van der Waals surface area contributed by atoms with E-state index in [0.717, 1.165) is 37.7 Å². The van der Waals surface area contributed by atoms with E-state index in [1.165, 1.54) is 0 Å². The molecule has 2 aromatic carbocycles. The number of ether oxygens (including phenoxy) is 1. The second kappa shape index (κ2) is 11.0. The molecule has 1 fully saturated rings. The van der Waals surface area contributed by atoms with Crippen molar-refractivity contribution in [2.75, 3.05) is 61.5 Å². The van der Waals surface area contributed by atoms with Gasteiger partial charge in [0.25, 0.3) is 0 Å². The maximum atomic E-state index is 12.4. The monoisotopic (exact) mass is 430 g/mol. The first-order valence-corrected chi connectivity index (χ1v) is 10.4. The Balaban J connectivity index is 1.48.